The molecule has 2 nitrogen and oxygen atoms in total. The number of aromatic nitrogens is 1. The molecule has 0 aliphatic rings. The Morgan fingerprint density at radius 1 is 0.941 bits per heavy atom. The third-order valence-electron chi connectivity index (χ3n) is 2.16. The van der Waals surface area contributed by atoms with Crippen LogP contribution in [-0.2, 0) is 0 Å². The van der Waals surface area contributed by atoms with E-state index in [4.69, 9.17) is 52.1 Å². The van der Waals surface area contributed by atoms with E-state index in [0.717, 1.165) is 0 Å². The minimum absolute atomic E-state index is 0.196. The first kappa shape index (κ1) is 12.8. The van der Waals surface area contributed by atoms with Crippen LogP contribution in [0.5, 0.6) is 0 Å². The molecule has 0 radical (unpaired) electrons. The number of anilines is 1. The Bertz CT molecular complexity index is 584. The molecule has 2 rings (SSSR count). The second kappa shape index (κ2) is 4.91. The van der Waals surface area contributed by atoms with Crippen molar-refractivity contribution >= 4 is 52.2 Å². The highest BCUT2D eigenvalue weighted by Gasteiger charge is 2.13. The zero-order chi connectivity index (χ0) is 12.6. The average molecular weight is 308 g/mol. The molecule has 1 heterocycles. The predicted molar refractivity (Wildman–Crippen MR) is 74.1 cm³/mol. The summed E-state index contributed by atoms with van der Waals surface area (Å²) in [5.41, 5.74) is 6.71. The Hall–Kier alpha value is -0.670. The number of benzene rings is 1. The number of pyridine rings is 1. The Balaban J connectivity index is 2.69. The molecular formula is C11H6Cl4N2. The lowest BCUT2D eigenvalue weighted by molar-refractivity contribution is 1.33. The number of hydrogen-bond donors (Lipinski definition) is 1. The summed E-state index contributed by atoms with van der Waals surface area (Å²) in [5, 5.41) is 1.48. The van der Waals surface area contributed by atoms with E-state index in [1.54, 1.807) is 18.2 Å². The number of hydrogen-bond acceptors (Lipinski definition) is 2. The summed E-state index contributed by atoms with van der Waals surface area (Å²) in [7, 11) is 0. The number of nitrogens with two attached hydrogens (primary N) is 1. The van der Waals surface area contributed by atoms with E-state index in [1.807, 2.05) is 0 Å². The first-order valence-corrected chi connectivity index (χ1v) is 6.08. The van der Waals surface area contributed by atoms with Gasteiger partial charge >= 0.3 is 0 Å². The van der Waals surface area contributed by atoms with Crippen LogP contribution in [0.1, 0.15) is 0 Å². The number of nitrogens with zero attached hydrogens (tertiary/aromatic N) is 1. The Labute approximate surface area is 118 Å². The van der Waals surface area contributed by atoms with Gasteiger partial charge < -0.3 is 5.73 Å². The molecule has 2 aromatic rings. The lowest BCUT2D eigenvalue weighted by atomic mass is 10.1. The van der Waals surface area contributed by atoms with Gasteiger partial charge in [-0.25, -0.2) is 4.98 Å². The predicted octanol–water partition coefficient (Wildman–Crippen LogP) is 4.94. The van der Waals surface area contributed by atoms with Crippen molar-refractivity contribution in [2.75, 3.05) is 5.73 Å². The molecule has 2 N–H and O–H groups in total. The maximum atomic E-state index is 6.09. The summed E-state index contributed by atoms with van der Waals surface area (Å²) >= 11 is 23.9. The molecule has 0 saturated heterocycles. The van der Waals surface area contributed by atoms with E-state index in [2.05, 4.69) is 4.98 Å². The van der Waals surface area contributed by atoms with Crippen LogP contribution in [0, 0.1) is 0 Å². The quantitative estimate of drug-likeness (QED) is 0.810. The molecule has 0 aliphatic heterocycles. The fourth-order valence-corrected chi connectivity index (χ4v) is 2.21. The topological polar surface area (TPSA) is 38.9 Å². The Morgan fingerprint density at radius 2 is 1.65 bits per heavy atom. The molecule has 0 aliphatic carbocycles. The normalized spacial score (nSPS) is 10.6. The Morgan fingerprint density at radius 3 is 2.35 bits per heavy atom. The van der Waals surface area contributed by atoms with Gasteiger partial charge in [-0.05, 0) is 12.1 Å². The summed E-state index contributed by atoms with van der Waals surface area (Å²) in [6.45, 7) is 0. The van der Waals surface area contributed by atoms with E-state index in [-0.39, 0.29) is 5.82 Å². The summed E-state index contributed by atoms with van der Waals surface area (Å²) < 4.78 is 0. The second-order valence-electron chi connectivity index (χ2n) is 3.29. The minimum atomic E-state index is 0.196. The first-order valence-electron chi connectivity index (χ1n) is 4.56. The van der Waals surface area contributed by atoms with Gasteiger partial charge in [0.25, 0.3) is 0 Å². The molecule has 1 aromatic heterocycles. The molecule has 0 amide bonds. The summed E-state index contributed by atoms with van der Waals surface area (Å²) in [5.74, 6) is 0.196. The molecule has 1 aromatic carbocycles. The monoisotopic (exact) mass is 306 g/mol. The molecule has 0 spiro atoms. The van der Waals surface area contributed by atoms with Crippen LogP contribution in [0.4, 0.5) is 5.82 Å². The average Bonchev–Trinajstić information content (AvgIpc) is 2.28. The zero-order valence-corrected chi connectivity index (χ0v) is 11.4. The molecule has 6 heteroatoms. The van der Waals surface area contributed by atoms with Crippen LogP contribution in [0.15, 0.2) is 24.3 Å². The molecule has 88 valence electrons. The van der Waals surface area contributed by atoms with E-state index in [1.165, 1.54) is 6.07 Å². The highest BCUT2D eigenvalue weighted by Crippen LogP contribution is 2.37. The molecule has 0 fully saturated rings. The van der Waals surface area contributed by atoms with Crippen molar-refractivity contribution in [3.8, 4) is 11.3 Å². The summed E-state index contributed by atoms with van der Waals surface area (Å²) in [6.07, 6.45) is 0. The molecule has 0 saturated carbocycles. The van der Waals surface area contributed by atoms with E-state index < -0.39 is 0 Å². The fraction of sp³-hybridized carbons (Fsp3) is 0. The molecule has 17 heavy (non-hydrogen) atoms. The highest BCUT2D eigenvalue weighted by molar-refractivity contribution is 6.44. The zero-order valence-electron chi connectivity index (χ0n) is 8.35. The lowest BCUT2D eigenvalue weighted by Crippen LogP contribution is -1.95. The van der Waals surface area contributed by atoms with Crippen LogP contribution >= 0.6 is 46.4 Å². The van der Waals surface area contributed by atoms with Crippen LogP contribution < -0.4 is 5.73 Å². The minimum Gasteiger partial charge on any atom is -0.382 e. The SMILES string of the molecule is Nc1nc(-c2cccc(Cl)c2Cl)c(Cl)cc1Cl. The molecule has 0 unspecified atom stereocenters. The largest absolute Gasteiger partial charge is 0.382 e. The third kappa shape index (κ3) is 2.45. The molecular weight excluding hydrogens is 302 g/mol. The van der Waals surface area contributed by atoms with Gasteiger partial charge in [0.05, 0.1) is 25.8 Å². The van der Waals surface area contributed by atoms with Crippen LogP contribution in [0.3, 0.4) is 0 Å². The smallest absolute Gasteiger partial charge is 0.143 e. The number of halogens is 4. The fourth-order valence-electron chi connectivity index (χ4n) is 1.36. The highest BCUT2D eigenvalue weighted by atomic mass is 35.5. The summed E-state index contributed by atoms with van der Waals surface area (Å²) in [4.78, 5) is 4.12. The van der Waals surface area contributed by atoms with Crippen molar-refractivity contribution in [1.29, 1.82) is 0 Å². The first-order chi connectivity index (χ1) is 8.00. The van der Waals surface area contributed by atoms with Crippen molar-refractivity contribution in [3.63, 3.8) is 0 Å². The summed E-state index contributed by atoms with van der Waals surface area (Å²) in [6, 6.07) is 6.72. The van der Waals surface area contributed by atoms with Gasteiger partial charge in [-0.15, -0.1) is 0 Å². The van der Waals surface area contributed by atoms with E-state index in [0.29, 0.717) is 31.3 Å². The van der Waals surface area contributed by atoms with Crippen molar-refractivity contribution < 1.29 is 0 Å². The number of nitrogen functional groups attached to an aromatic ring is 1. The number of rotatable bonds is 1. The van der Waals surface area contributed by atoms with E-state index in [9.17, 15) is 0 Å². The second-order valence-corrected chi connectivity index (χ2v) is 4.89. The van der Waals surface area contributed by atoms with Gasteiger partial charge in [0, 0.05) is 5.56 Å². The van der Waals surface area contributed by atoms with Crippen molar-refractivity contribution in [3.05, 3.63) is 44.4 Å². The van der Waals surface area contributed by atoms with Crippen molar-refractivity contribution in [1.82, 2.24) is 4.98 Å². The Kier molecular flexibility index (Phi) is 3.69. The molecule has 0 bridgehead atoms. The van der Waals surface area contributed by atoms with Gasteiger partial charge in [-0.2, -0.15) is 0 Å². The third-order valence-corrected chi connectivity index (χ3v) is 3.57. The van der Waals surface area contributed by atoms with Crippen molar-refractivity contribution in [2.24, 2.45) is 0 Å². The van der Waals surface area contributed by atoms with E-state index >= 15 is 0 Å². The van der Waals surface area contributed by atoms with Gasteiger partial charge in [0.2, 0.25) is 0 Å². The lowest BCUT2D eigenvalue weighted by Gasteiger charge is -2.08. The van der Waals surface area contributed by atoms with Gasteiger partial charge in [0.1, 0.15) is 5.82 Å². The van der Waals surface area contributed by atoms with Gasteiger partial charge in [-0.1, -0.05) is 58.5 Å². The maximum Gasteiger partial charge on any atom is 0.143 e. The standard InChI is InChI=1S/C11H6Cl4N2/c12-6-3-1-2-5(9(6)15)10-7(13)4-8(14)11(16)17-10/h1-4H,(H2,16,17). The van der Waals surface area contributed by atoms with Crippen LogP contribution in [0.25, 0.3) is 11.3 Å². The van der Waals surface area contributed by atoms with Crippen molar-refractivity contribution in [2.45, 2.75) is 0 Å². The van der Waals surface area contributed by atoms with Gasteiger partial charge in [-0.3, -0.25) is 0 Å². The maximum absolute atomic E-state index is 6.09. The molecule has 0 atom stereocenters. The van der Waals surface area contributed by atoms with Crippen LogP contribution in [-0.4, -0.2) is 4.98 Å². The van der Waals surface area contributed by atoms with Gasteiger partial charge in [0.15, 0.2) is 0 Å². The van der Waals surface area contributed by atoms with Crippen LogP contribution in [0.2, 0.25) is 20.1 Å².